The molecule has 2 aromatic carbocycles. The molecule has 0 spiro atoms. The summed E-state index contributed by atoms with van der Waals surface area (Å²) in [6.45, 7) is 8.58. The molecule has 7 heteroatoms. The lowest BCUT2D eigenvalue weighted by atomic mass is 10.0. The summed E-state index contributed by atoms with van der Waals surface area (Å²) in [4.78, 5) is 12.0. The fourth-order valence-electron chi connectivity index (χ4n) is 2.76. The van der Waals surface area contributed by atoms with Crippen molar-refractivity contribution in [3.8, 4) is 0 Å². The van der Waals surface area contributed by atoms with Gasteiger partial charge in [-0.1, -0.05) is 45.9 Å². The fourth-order valence-corrected chi connectivity index (χ4v) is 3.90. The lowest BCUT2D eigenvalue weighted by Crippen LogP contribution is -2.31. The molecule has 0 saturated heterocycles. The normalized spacial score (nSPS) is 11.3. The Morgan fingerprint density at radius 1 is 0.964 bits per heavy atom. The minimum absolute atomic E-state index is 0.147. The number of sulfonamides is 1. The molecular weight excluding hydrogens is 374 g/mol. The monoisotopic (exact) mass is 403 g/mol. The molecule has 0 aliphatic rings. The molecule has 0 aliphatic carbocycles. The largest absolute Gasteiger partial charge is 0.338 e. The van der Waals surface area contributed by atoms with Gasteiger partial charge in [0.2, 0.25) is 0 Å². The predicted molar refractivity (Wildman–Crippen MR) is 114 cm³/mol. The Labute approximate surface area is 167 Å². The summed E-state index contributed by atoms with van der Waals surface area (Å²) in [7, 11) is -3.72. The number of nitrogens with one attached hydrogen (secondary N) is 3. The van der Waals surface area contributed by atoms with Crippen molar-refractivity contribution in [3.05, 3.63) is 53.6 Å². The van der Waals surface area contributed by atoms with Crippen LogP contribution in [0.1, 0.15) is 38.8 Å². The average Bonchev–Trinajstić information content (AvgIpc) is 2.66. The highest BCUT2D eigenvalue weighted by Gasteiger charge is 2.18. The van der Waals surface area contributed by atoms with Gasteiger partial charge < -0.3 is 10.6 Å². The van der Waals surface area contributed by atoms with E-state index in [9.17, 15) is 13.2 Å². The van der Waals surface area contributed by atoms with Gasteiger partial charge in [0.1, 0.15) is 0 Å². The third-order valence-corrected chi connectivity index (χ3v) is 5.69. The Hall–Kier alpha value is -2.54. The maximum Gasteiger partial charge on any atom is 0.319 e. The van der Waals surface area contributed by atoms with Gasteiger partial charge >= 0.3 is 6.03 Å². The van der Waals surface area contributed by atoms with Crippen LogP contribution in [0.25, 0.3) is 0 Å². The minimum Gasteiger partial charge on any atom is -0.338 e. The van der Waals surface area contributed by atoms with Gasteiger partial charge in [-0.3, -0.25) is 4.72 Å². The van der Waals surface area contributed by atoms with Gasteiger partial charge in [-0.25, -0.2) is 13.2 Å². The molecule has 2 rings (SSSR count). The molecule has 2 amide bonds. The Morgan fingerprint density at radius 2 is 1.54 bits per heavy atom. The van der Waals surface area contributed by atoms with Gasteiger partial charge in [0, 0.05) is 12.2 Å². The zero-order chi connectivity index (χ0) is 20.7. The van der Waals surface area contributed by atoms with Crippen molar-refractivity contribution >= 4 is 27.4 Å². The molecule has 0 fully saturated rings. The summed E-state index contributed by atoms with van der Waals surface area (Å²) in [6, 6.07) is 11.6. The SMILES string of the molecule is CCc1cccc(CC)c1NS(=O)(=O)c1ccc(NC(=O)NCC(C)C)cc1. The van der Waals surface area contributed by atoms with E-state index in [1.165, 1.54) is 12.1 Å². The van der Waals surface area contributed by atoms with Crippen LogP contribution in [-0.4, -0.2) is 21.0 Å². The first-order chi connectivity index (χ1) is 13.3. The van der Waals surface area contributed by atoms with E-state index in [4.69, 9.17) is 0 Å². The second-order valence-corrected chi connectivity index (χ2v) is 8.70. The number of rotatable bonds is 8. The van der Waals surface area contributed by atoms with E-state index >= 15 is 0 Å². The summed E-state index contributed by atoms with van der Waals surface area (Å²) in [5.74, 6) is 0.350. The van der Waals surface area contributed by atoms with Gasteiger partial charge in [-0.05, 0) is 54.2 Å². The molecular formula is C21H29N3O3S. The van der Waals surface area contributed by atoms with Crippen LogP contribution in [0, 0.1) is 5.92 Å². The third-order valence-electron chi connectivity index (χ3n) is 4.33. The summed E-state index contributed by atoms with van der Waals surface area (Å²) in [6.07, 6.45) is 1.47. The minimum atomic E-state index is -3.72. The topological polar surface area (TPSA) is 87.3 Å². The van der Waals surface area contributed by atoms with Crippen molar-refractivity contribution in [2.45, 2.75) is 45.4 Å². The number of hydrogen-bond donors (Lipinski definition) is 3. The van der Waals surface area contributed by atoms with E-state index < -0.39 is 10.0 Å². The number of carbonyl (C=O) groups excluding carboxylic acids is 1. The van der Waals surface area contributed by atoms with Gasteiger partial charge in [0.15, 0.2) is 0 Å². The molecule has 0 unspecified atom stereocenters. The number of amides is 2. The van der Waals surface area contributed by atoms with Crippen molar-refractivity contribution in [3.63, 3.8) is 0 Å². The second-order valence-electron chi connectivity index (χ2n) is 7.02. The van der Waals surface area contributed by atoms with Crippen LogP contribution in [0.15, 0.2) is 47.4 Å². The van der Waals surface area contributed by atoms with Gasteiger partial charge in [-0.2, -0.15) is 0 Å². The average molecular weight is 404 g/mol. The molecule has 0 radical (unpaired) electrons. The molecule has 0 aliphatic heterocycles. The van der Waals surface area contributed by atoms with E-state index in [1.54, 1.807) is 12.1 Å². The maximum atomic E-state index is 12.8. The zero-order valence-electron chi connectivity index (χ0n) is 16.9. The standard InChI is InChI=1S/C21H29N3O3S/c1-5-16-8-7-9-17(6-2)20(16)24-28(26,27)19-12-10-18(11-13-19)23-21(25)22-14-15(3)4/h7-13,15,24H,5-6,14H2,1-4H3,(H2,22,23,25). The number of hydrogen-bond acceptors (Lipinski definition) is 3. The molecule has 28 heavy (non-hydrogen) atoms. The highest BCUT2D eigenvalue weighted by atomic mass is 32.2. The Balaban J connectivity index is 2.16. The Kier molecular flexibility index (Phi) is 7.45. The van der Waals surface area contributed by atoms with E-state index in [0.717, 1.165) is 24.0 Å². The lowest BCUT2D eigenvalue weighted by molar-refractivity contribution is 0.251. The molecule has 152 valence electrons. The molecule has 6 nitrogen and oxygen atoms in total. The summed E-state index contributed by atoms with van der Waals surface area (Å²) in [5, 5.41) is 5.45. The number of aryl methyl sites for hydroxylation is 2. The number of anilines is 2. The number of urea groups is 1. The first-order valence-electron chi connectivity index (χ1n) is 9.55. The van der Waals surface area contributed by atoms with Crippen LogP contribution in [0.5, 0.6) is 0 Å². The molecule has 0 aromatic heterocycles. The van der Waals surface area contributed by atoms with Crippen LogP contribution in [0.4, 0.5) is 16.2 Å². The summed E-state index contributed by atoms with van der Waals surface area (Å²) >= 11 is 0. The zero-order valence-corrected chi connectivity index (χ0v) is 17.7. The number of carbonyl (C=O) groups is 1. The number of benzene rings is 2. The molecule has 0 atom stereocenters. The Morgan fingerprint density at radius 3 is 2.04 bits per heavy atom. The van der Waals surface area contributed by atoms with Crippen LogP contribution in [0.2, 0.25) is 0 Å². The van der Waals surface area contributed by atoms with Crippen LogP contribution in [0.3, 0.4) is 0 Å². The van der Waals surface area contributed by atoms with Gasteiger partial charge in [0.05, 0.1) is 10.6 Å². The van der Waals surface area contributed by atoms with Crippen LogP contribution >= 0.6 is 0 Å². The Bertz CT molecular complexity index is 885. The van der Waals surface area contributed by atoms with Crippen molar-refractivity contribution < 1.29 is 13.2 Å². The molecule has 0 bridgehead atoms. The van der Waals surface area contributed by atoms with Crippen LogP contribution < -0.4 is 15.4 Å². The van der Waals surface area contributed by atoms with E-state index in [2.05, 4.69) is 15.4 Å². The van der Waals surface area contributed by atoms with E-state index in [-0.39, 0.29) is 10.9 Å². The van der Waals surface area contributed by atoms with Crippen molar-refractivity contribution in [1.29, 1.82) is 0 Å². The molecule has 0 heterocycles. The van der Waals surface area contributed by atoms with E-state index in [1.807, 2.05) is 45.9 Å². The van der Waals surface area contributed by atoms with E-state index in [0.29, 0.717) is 23.8 Å². The van der Waals surface area contributed by atoms with Gasteiger partial charge in [-0.15, -0.1) is 0 Å². The molecule has 2 aromatic rings. The highest BCUT2D eigenvalue weighted by molar-refractivity contribution is 7.92. The maximum absolute atomic E-state index is 12.8. The molecule has 0 saturated carbocycles. The number of para-hydroxylation sites is 1. The quantitative estimate of drug-likeness (QED) is 0.611. The first-order valence-corrected chi connectivity index (χ1v) is 11.0. The van der Waals surface area contributed by atoms with Crippen LogP contribution in [-0.2, 0) is 22.9 Å². The predicted octanol–water partition coefficient (Wildman–Crippen LogP) is 4.39. The lowest BCUT2D eigenvalue weighted by Gasteiger charge is -2.16. The molecule has 3 N–H and O–H groups in total. The van der Waals surface area contributed by atoms with Crippen molar-refractivity contribution in [2.75, 3.05) is 16.6 Å². The van der Waals surface area contributed by atoms with Crippen molar-refractivity contribution in [2.24, 2.45) is 5.92 Å². The summed E-state index contributed by atoms with van der Waals surface area (Å²) in [5.41, 5.74) is 3.11. The third kappa shape index (κ3) is 5.73. The summed E-state index contributed by atoms with van der Waals surface area (Å²) < 4.78 is 28.4. The van der Waals surface area contributed by atoms with Gasteiger partial charge in [0.25, 0.3) is 10.0 Å². The van der Waals surface area contributed by atoms with Crippen molar-refractivity contribution in [1.82, 2.24) is 5.32 Å². The first kappa shape index (κ1) is 21.8. The second kappa shape index (κ2) is 9.59. The fraction of sp³-hybridized carbons (Fsp3) is 0.381. The highest BCUT2D eigenvalue weighted by Crippen LogP contribution is 2.26. The smallest absolute Gasteiger partial charge is 0.319 e.